The summed E-state index contributed by atoms with van der Waals surface area (Å²) in [6.45, 7) is 6.58. The lowest BCUT2D eigenvalue weighted by molar-refractivity contribution is 0.0252. The van der Waals surface area contributed by atoms with E-state index in [2.05, 4.69) is 25.2 Å². The smallest absolute Gasteiger partial charge is 0.142 e. The van der Waals surface area contributed by atoms with Crippen molar-refractivity contribution >= 4 is 11.6 Å². The molecule has 0 radical (unpaired) electrons. The van der Waals surface area contributed by atoms with E-state index < -0.39 is 0 Å². The van der Waals surface area contributed by atoms with E-state index in [1.54, 1.807) is 0 Å². The number of rotatable bonds is 5. The minimum atomic E-state index is 0.214. The molecule has 1 heterocycles. The Kier molecular flexibility index (Phi) is 5.49. The van der Waals surface area contributed by atoms with E-state index in [4.69, 9.17) is 21.1 Å². The molecular weight excluding hydrogens is 262 g/mol. The molecule has 106 valence electrons. The van der Waals surface area contributed by atoms with Crippen LogP contribution in [0.5, 0.6) is 5.75 Å². The Bertz CT molecular complexity index is 403. The summed E-state index contributed by atoms with van der Waals surface area (Å²) in [5, 5.41) is 4.09. The maximum Gasteiger partial charge on any atom is 0.142 e. The van der Waals surface area contributed by atoms with Crippen LogP contribution in [0.4, 0.5) is 0 Å². The van der Waals surface area contributed by atoms with Crippen LogP contribution in [0.1, 0.15) is 32.3 Å². The molecule has 0 unspecified atom stereocenters. The Labute approximate surface area is 120 Å². The predicted octanol–water partition coefficient (Wildman–Crippen LogP) is 3.40. The van der Waals surface area contributed by atoms with Gasteiger partial charge in [0.2, 0.25) is 0 Å². The van der Waals surface area contributed by atoms with Crippen molar-refractivity contribution < 1.29 is 9.47 Å². The fourth-order valence-corrected chi connectivity index (χ4v) is 2.34. The first kappa shape index (κ1) is 14.6. The number of hydrogen-bond donors (Lipinski definition) is 1. The molecule has 0 aromatic heterocycles. The van der Waals surface area contributed by atoms with E-state index in [-0.39, 0.29) is 6.10 Å². The van der Waals surface area contributed by atoms with Crippen molar-refractivity contribution in [3.05, 3.63) is 28.8 Å². The van der Waals surface area contributed by atoms with Gasteiger partial charge in [0.05, 0.1) is 18.2 Å². The summed E-state index contributed by atoms with van der Waals surface area (Å²) < 4.78 is 11.4. The minimum absolute atomic E-state index is 0.214. The van der Waals surface area contributed by atoms with E-state index in [0.29, 0.717) is 11.1 Å². The zero-order chi connectivity index (χ0) is 13.7. The molecule has 0 bridgehead atoms. The van der Waals surface area contributed by atoms with Gasteiger partial charge in [-0.1, -0.05) is 37.6 Å². The second-order valence-corrected chi connectivity index (χ2v) is 5.60. The summed E-state index contributed by atoms with van der Waals surface area (Å²) in [6.07, 6.45) is 2.08. The molecule has 0 saturated carbocycles. The number of halogens is 1. The summed E-state index contributed by atoms with van der Waals surface area (Å²) in [7, 11) is 0. The van der Waals surface area contributed by atoms with Crippen LogP contribution in [0.2, 0.25) is 5.02 Å². The molecule has 1 N–H and O–H groups in total. The monoisotopic (exact) mass is 283 g/mol. The van der Waals surface area contributed by atoms with E-state index in [1.807, 2.05) is 12.1 Å². The second-order valence-electron chi connectivity index (χ2n) is 5.19. The van der Waals surface area contributed by atoms with E-state index in [1.165, 1.54) is 0 Å². The third-order valence-electron chi connectivity index (χ3n) is 3.20. The maximum absolute atomic E-state index is 6.28. The Morgan fingerprint density at radius 3 is 2.79 bits per heavy atom. The van der Waals surface area contributed by atoms with Crippen molar-refractivity contribution in [3.63, 3.8) is 0 Å². The third kappa shape index (κ3) is 4.37. The first-order chi connectivity index (χ1) is 9.16. The number of ether oxygens (including phenoxy) is 2. The lowest BCUT2D eigenvalue weighted by Gasteiger charge is -2.25. The molecule has 1 saturated heterocycles. The van der Waals surface area contributed by atoms with Gasteiger partial charge in [-0.05, 0) is 6.07 Å². The van der Waals surface area contributed by atoms with E-state index in [0.717, 1.165) is 43.9 Å². The van der Waals surface area contributed by atoms with Crippen molar-refractivity contribution in [2.24, 2.45) is 0 Å². The van der Waals surface area contributed by atoms with Gasteiger partial charge in [-0.3, -0.25) is 0 Å². The van der Waals surface area contributed by atoms with Gasteiger partial charge in [-0.15, -0.1) is 0 Å². The van der Waals surface area contributed by atoms with E-state index >= 15 is 0 Å². The number of para-hydroxylation sites is 1. The number of benzene rings is 1. The SMILES string of the molecule is CC(C)NCc1cccc(Cl)c1OC1CCOCC1. The Morgan fingerprint density at radius 1 is 1.37 bits per heavy atom. The van der Waals surface area contributed by atoms with Gasteiger partial charge in [0, 0.05) is 31.0 Å². The highest BCUT2D eigenvalue weighted by Crippen LogP contribution is 2.31. The molecule has 0 atom stereocenters. The van der Waals surface area contributed by atoms with Crippen LogP contribution in [0.25, 0.3) is 0 Å². The number of nitrogens with one attached hydrogen (secondary N) is 1. The highest BCUT2D eigenvalue weighted by Gasteiger charge is 2.18. The first-order valence-corrected chi connectivity index (χ1v) is 7.30. The van der Waals surface area contributed by atoms with Crippen LogP contribution in [-0.4, -0.2) is 25.4 Å². The van der Waals surface area contributed by atoms with Crippen LogP contribution in [0.15, 0.2) is 18.2 Å². The van der Waals surface area contributed by atoms with Gasteiger partial charge in [0.25, 0.3) is 0 Å². The second kappa shape index (κ2) is 7.13. The summed E-state index contributed by atoms with van der Waals surface area (Å²) in [5.74, 6) is 0.823. The average molecular weight is 284 g/mol. The van der Waals surface area contributed by atoms with Crippen molar-refractivity contribution in [3.8, 4) is 5.75 Å². The molecule has 0 aliphatic carbocycles. The maximum atomic E-state index is 6.28. The van der Waals surface area contributed by atoms with Crippen LogP contribution in [0, 0.1) is 0 Å². The molecule has 1 aromatic rings. The van der Waals surface area contributed by atoms with Crippen molar-refractivity contribution in [2.75, 3.05) is 13.2 Å². The van der Waals surface area contributed by atoms with Gasteiger partial charge in [-0.2, -0.15) is 0 Å². The van der Waals surface area contributed by atoms with Crippen molar-refractivity contribution in [1.82, 2.24) is 5.32 Å². The third-order valence-corrected chi connectivity index (χ3v) is 3.50. The fraction of sp³-hybridized carbons (Fsp3) is 0.600. The van der Waals surface area contributed by atoms with Gasteiger partial charge in [-0.25, -0.2) is 0 Å². The zero-order valence-electron chi connectivity index (χ0n) is 11.6. The highest BCUT2D eigenvalue weighted by atomic mass is 35.5. The molecule has 4 heteroatoms. The summed E-state index contributed by atoms with van der Waals surface area (Å²) in [4.78, 5) is 0. The van der Waals surface area contributed by atoms with Gasteiger partial charge >= 0.3 is 0 Å². The zero-order valence-corrected chi connectivity index (χ0v) is 12.4. The largest absolute Gasteiger partial charge is 0.488 e. The Morgan fingerprint density at radius 2 is 2.11 bits per heavy atom. The molecule has 2 rings (SSSR count). The quantitative estimate of drug-likeness (QED) is 0.898. The topological polar surface area (TPSA) is 30.5 Å². The highest BCUT2D eigenvalue weighted by molar-refractivity contribution is 6.32. The van der Waals surface area contributed by atoms with Crippen LogP contribution in [0.3, 0.4) is 0 Å². The molecule has 0 amide bonds. The lowest BCUT2D eigenvalue weighted by atomic mass is 10.1. The molecule has 1 aliphatic heterocycles. The van der Waals surface area contributed by atoms with Crippen LogP contribution >= 0.6 is 11.6 Å². The summed E-state index contributed by atoms with van der Waals surface area (Å²) in [6, 6.07) is 6.36. The standard InChI is InChI=1S/C15H22ClNO2/c1-11(2)17-10-12-4-3-5-14(16)15(12)19-13-6-8-18-9-7-13/h3-5,11,13,17H,6-10H2,1-2H3. The van der Waals surface area contributed by atoms with Crippen LogP contribution in [-0.2, 0) is 11.3 Å². The van der Waals surface area contributed by atoms with E-state index in [9.17, 15) is 0 Å². The molecule has 19 heavy (non-hydrogen) atoms. The summed E-state index contributed by atoms with van der Waals surface area (Å²) >= 11 is 6.28. The fourth-order valence-electron chi connectivity index (χ4n) is 2.10. The molecule has 0 spiro atoms. The molecule has 1 aromatic carbocycles. The predicted molar refractivity (Wildman–Crippen MR) is 77.9 cm³/mol. The van der Waals surface area contributed by atoms with Crippen LogP contribution < -0.4 is 10.1 Å². The van der Waals surface area contributed by atoms with Crippen molar-refractivity contribution in [2.45, 2.75) is 45.4 Å². The average Bonchev–Trinajstić information content (AvgIpc) is 2.40. The lowest BCUT2D eigenvalue weighted by Crippen LogP contribution is -2.27. The van der Waals surface area contributed by atoms with Gasteiger partial charge in [0.1, 0.15) is 11.9 Å². The molecule has 3 nitrogen and oxygen atoms in total. The minimum Gasteiger partial charge on any atom is -0.488 e. The summed E-state index contributed by atoms with van der Waals surface area (Å²) in [5.41, 5.74) is 1.12. The number of hydrogen-bond acceptors (Lipinski definition) is 3. The van der Waals surface area contributed by atoms with Gasteiger partial charge in [0.15, 0.2) is 0 Å². The van der Waals surface area contributed by atoms with Crippen molar-refractivity contribution in [1.29, 1.82) is 0 Å². The molecule has 1 fully saturated rings. The normalized spacial score (nSPS) is 16.8. The Balaban J connectivity index is 2.07. The first-order valence-electron chi connectivity index (χ1n) is 6.92. The van der Waals surface area contributed by atoms with Gasteiger partial charge < -0.3 is 14.8 Å². The Hall–Kier alpha value is -0.770. The molecule has 1 aliphatic rings. The molecular formula is C15H22ClNO2.